The minimum atomic E-state index is 0.117. The third-order valence-corrected chi connectivity index (χ3v) is 5.05. The Kier molecular flexibility index (Phi) is 5.49. The molecule has 2 N–H and O–H groups in total. The van der Waals surface area contributed by atoms with Gasteiger partial charge in [-0.25, -0.2) is 4.98 Å². The Labute approximate surface area is 138 Å². The van der Waals surface area contributed by atoms with Crippen LogP contribution in [-0.2, 0) is 11.3 Å². The first-order valence-electron chi connectivity index (χ1n) is 8.90. The Morgan fingerprint density at radius 3 is 2.83 bits per heavy atom. The van der Waals surface area contributed by atoms with Gasteiger partial charge in [0.05, 0.1) is 5.92 Å². The number of hydrogen-bond acceptors (Lipinski definition) is 4. The largest absolute Gasteiger partial charge is 0.357 e. The van der Waals surface area contributed by atoms with Crippen LogP contribution in [0.4, 0.5) is 5.82 Å². The summed E-state index contributed by atoms with van der Waals surface area (Å²) in [6.07, 6.45) is 6.46. The molecule has 0 radical (unpaired) electrons. The summed E-state index contributed by atoms with van der Waals surface area (Å²) in [7, 11) is 0. The predicted octanol–water partition coefficient (Wildman–Crippen LogP) is 1.93. The highest BCUT2D eigenvalue weighted by Gasteiger charge is 2.20. The zero-order valence-corrected chi connectivity index (χ0v) is 14.1. The van der Waals surface area contributed by atoms with Crippen molar-refractivity contribution in [2.45, 2.75) is 39.2 Å². The van der Waals surface area contributed by atoms with Gasteiger partial charge in [-0.15, -0.1) is 0 Å². The van der Waals surface area contributed by atoms with Crippen LogP contribution in [0.5, 0.6) is 0 Å². The molecule has 2 saturated heterocycles. The molecular formula is C18H28N4O. The first-order chi connectivity index (χ1) is 11.2. The fourth-order valence-corrected chi connectivity index (χ4v) is 3.36. The lowest BCUT2D eigenvalue weighted by atomic mass is 9.99. The number of pyridine rings is 1. The van der Waals surface area contributed by atoms with E-state index in [1.165, 1.54) is 12.8 Å². The van der Waals surface area contributed by atoms with Crippen molar-refractivity contribution < 1.29 is 4.79 Å². The van der Waals surface area contributed by atoms with E-state index in [0.717, 1.165) is 56.3 Å². The maximum Gasteiger partial charge on any atom is 0.224 e. The summed E-state index contributed by atoms with van der Waals surface area (Å²) in [6.45, 7) is 6.91. The number of nitrogens with zero attached hydrogens (tertiary/aromatic N) is 2. The van der Waals surface area contributed by atoms with Crippen LogP contribution in [0.15, 0.2) is 18.3 Å². The van der Waals surface area contributed by atoms with Crippen LogP contribution in [0.3, 0.4) is 0 Å². The summed E-state index contributed by atoms with van der Waals surface area (Å²) in [6, 6.07) is 4.17. The van der Waals surface area contributed by atoms with Crippen molar-refractivity contribution in [3.05, 3.63) is 23.9 Å². The maximum absolute atomic E-state index is 12.1. The van der Waals surface area contributed by atoms with E-state index < -0.39 is 0 Å². The monoisotopic (exact) mass is 316 g/mol. The molecule has 1 atom stereocenters. The number of carbonyl (C=O) groups excluding carboxylic acids is 1. The van der Waals surface area contributed by atoms with E-state index in [1.54, 1.807) is 0 Å². The summed E-state index contributed by atoms with van der Waals surface area (Å²) in [4.78, 5) is 19.1. The second-order valence-electron chi connectivity index (χ2n) is 6.96. The molecule has 2 aliphatic heterocycles. The van der Waals surface area contributed by atoms with Gasteiger partial charge in [-0.1, -0.05) is 13.0 Å². The Bertz CT molecular complexity index is 502. The molecule has 126 valence electrons. The lowest BCUT2D eigenvalue weighted by Gasteiger charge is -2.31. The fraction of sp³-hybridized carbons (Fsp3) is 0.667. The summed E-state index contributed by atoms with van der Waals surface area (Å²) in [5, 5.41) is 6.32. The van der Waals surface area contributed by atoms with Gasteiger partial charge in [0.1, 0.15) is 5.82 Å². The third kappa shape index (κ3) is 4.44. The molecule has 1 aromatic rings. The summed E-state index contributed by atoms with van der Waals surface area (Å²) in [5.41, 5.74) is 1.07. The standard InChI is InChI=1S/C18H28N4O/c1-14-6-9-22(10-7-14)17-5-4-15(11-20-17)12-21-18(23)16-3-2-8-19-13-16/h4-5,11,14,16,19H,2-3,6-10,12-13H2,1H3,(H,21,23). The molecule has 23 heavy (non-hydrogen) atoms. The quantitative estimate of drug-likeness (QED) is 0.891. The van der Waals surface area contributed by atoms with Crippen LogP contribution in [0.1, 0.15) is 38.2 Å². The Balaban J connectivity index is 1.48. The second kappa shape index (κ2) is 7.77. The van der Waals surface area contributed by atoms with Gasteiger partial charge in [0.2, 0.25) is 5.91 Å². The number of anilines is 1. The molecule has 5 heteroatoms. The number of amides is 1. The molecule has 1 amide bonds. The van der Waals surface area contributed by atoms with Gasteiger partial charge < -0.3 is 15.5 Å². The van der Waals surface area contributed by atoms with Crippen LogP contribution < -0.4 is 15.5 Å². The molecule has 3 rings (SSSR count). The maximum atomic E-state index is 12.1. The van der Waals surface area contributed by atoms with Gasteiger partial charge in [0.25, 0.3) is 0 Å². The smallest absolute Gasteiger partial charge is 0.224 e. The number of aromatic nitrogens is 1. The normalized spacial score (nSPS) is 22.8. The van der Waals surface area contributed by atoms with Crippen LogP contribution in [0.25, 0.3) is 0 Å². The first-order valence-corrected chi connectivity index (χ1v) is 8.90. The second-order valence-corrected chi connectivity index (χ2v) is 6.96. The topological polar surface area (TPSA) is 57.3 Å². The molecule has 0 aliphatic carbocycles. The highest BCUT2D eigenvalue weighted by atomic mass is 16.1. The van der Waals surface area contributed by atoms with Gasteiger partial charge in [-0.3, -0.25) is 4.79 Å². The van der Waals surface area contributed by atoms with Crippen LogP contribution in [0, 0.1) is 11.8 Å². The molecule has 5 nitrogen and oxygen atoms in total. The number of hydrogen-bond donors (Lipinski definition) is 2. The van der Waals surface area contributed by atoms with E-state index in [9.17, 15) is 4.79 Å². The molecule has 0 bridgehead atoms. The van der Waals surface area contributed by atoms with Gasteiger partial charge in [0, 0.05) is 32.4 Å². The predicted molar refractivity (Wildman–Crippen MR) is 92.3 cm³/mol. The van der Waals surface area contributed by atoms with Gasteiger partial charge in [0.15, 0.2) is 0 Å². The molecule has 1 unspecified atom stereocenters. The van der Waals surface area contributed by atoms with Crippen molar-refractivity contribution in [3.8, 4) is 0 Å². The van der Waals surface area contributed by atoms with Crippen molar-refractivity contribution >= 4 is 11.7 Å². The number of carbonyl (C=O) groups is 1. The molecule has 0 spiro atoms. The Hall–Kier alpha value is -1.62. The lowest BCUT2D eigenvalue weighted by Crippen LogP contribution is -2.40. The van der Waals surface area contributed by atoms with Crippen LogP contribution in [0.2, 0.25) is 0 Å². The van der Waals surface area contributed by atoms with Crippen LogP contribution >= 0.6 is 0 Å². The Morgan fingerprint density at radius 1 is 1.35 bits per heavy atom. The average molecular weight is 316 g/mol. The molecule has 3 heterocycles. The van der Waals surface area contributed by atoms with E-state index in [2.05, 4.69) is 39.6 Å². The lowest BCUT2D eigenvalue weighted by molar-refractivity contribution is -0.125. The first kappa shape index (κ1) is 16.2. The fourth-order valence-electron chi connectivity index (χ4n) is 3.36. The number of rotatable bonds is 4. The number of piperidine rings is 2. The number of nitrogens with one attached hydrogen (secondary N) is 2. The Morgan fingerprint density at radius 2 is 2.17 bits per heavy atom. The van der Waals surface area contributed by atoms with E-state index in [1.807, 2.05) is 6.20 Å². The average Bonchev–Trinajstić information content (AvgIpc) is 2.61. The van der Waals surface area contributed by atoms with E-state index in [4.69, 9.17) is 0 Å². The summed E-state index contributed by atoms with van der Waals surface area (Å²) < 4.78 is 0. The summed E-state index contributed by atoms with van der Waals surface area (Å²) in [5.74, 6) is 2.16. The molecule has 1 aromatic heterocycles. The zero-order valence-electron chi connectivity index (χ0n) is 14.1. The highest BCUT2D eigenvalue weighted by molar-refractivity contribution is 5.78. The van der Waals surface area contributed by atoms with Gasteiger partial charge in [-0.2, -0.15) is 0 Å². The minimum absolute atomic E-state index is 0.117. The van der Waals surface area contributed by atoms with Gasteiger partial charge >= 0.3 is 0 Å². The van der Waals surface area contributed by atoms with E-state index >= 15 is 0 Å². The van der Waals surface area contributed by atoms with Crippen molar-refractivity contribution in [2.75, 3.05) is 31.1 Å². The third-order valence-electron chi connectivity index (χ3n) is 5.05. The van der Waals surface area contributed by atoms with Crippen molar-refractivity contribution in [1.82, 2.24) is 15.6 Å². The molecular weight excluding hydrogens is 288 g/mol. The van der Waals surface area contributed by atoms with E-state index in [0.29, 0.717) is 6.54 Å². The SMILES string of the molecule is CC1CCN(c2ccc(CNC(=O)C3CCCNC3)cn2)CC1. The van der Waals surface area contributed by atoms with Gasteiger partial charge in [-0.05, 0) is 49.8 Å². The minimum Gasteiger partial charge on any atom is -0.357 e. The molecule has 2 fully saturated rings. The molecule has 0 aromatic carbocycles. The highest BCUT2D eigenvalue weighted by Crippen LogP contribution is 2.21. The summed E-state index contributed by atoms with van der Waals surface area (Å²) >= 11 is 0. The van der Waals surface area contributed by atoms with E-state index in [-0.39, 0.29) is 11.8 Å². The van der Waals surface area contributed by atoms with Crippen molar-refractivity contribution in [3.63, 3.8) is 0 Å². The molecule has 0 saturated carbocycles. The zero-order chi connectivity index (χ0) is 16.1. The van der Waals surface area contributed by atoms with Crippen LogP contribution in [-0.4, -0.2) is 37.1 Å². The van der Waals surface area contributed by atoms with Crippen molar-refractivity contribution in [1.29, 1.82) is 0 Å². The van der Waals surface area contributed by atoms with Crippen molar-refractivity contribution in [2.24, 2.45) is 11.8 Å². The molecule has 2 aliphatic rings.